The minimum Gasteiger partial charge on any atom is -0.396 e. The van der Waals surface area contributed by atoms with E-state index < -0.39 is 23.1 Å². The number of aliphatic hydroxyl groups excluding tert-OH is 1. The molecule has 2 rings (SSSR count). The Morgan fingerprint density at radius 3 is 2.65 bits per heavy atom. The van der Waals surface area contributed by atoms with Gasteiger partial charge < -0.3 is 10.0 Å². The van der Waals surface area contributed by atoms with Gasteiger partial charge in [-0.3, -0.25) is 4.79 Å². The molecule has 1 fully saturated rings. The van der Waals surface area contributed by atoms with Crippen LogP contribution >= 0.6 is 0 Å². The maximum atomic E-state index is 14.0. The van der Waals surface area contributed by atoms with Gasteiger partial charge in [0.1, 0.15) is 17.2 Å². The maximum absolute atomic E-state index is 14.0. The lowest BCUT2D eigenvalue weighted by Crippen LogP contribution is -2.45. The number of rotatable bonds is 5. The maximum Gasteiger partial charge on any atom is 0.260 e. The van der Waals surface area contributed by atoms with Gasteiger partial charge in [-0.1, -0.05) is 6.07 Å². The van der Waals surface area contributed by atoms with Gasteiger partial charge in [0, 0.05) is 19.2 Å². The van der Waals surface area contributed by atoms with Crippen molar-refractivity contribution in [3.63, 3.8) is 0 Å². The summed E-state index contributed by atoms with van der Waals surface area (Å²) >= 11 is 0. The molecule has 5 heteroatoms. The first-order valence-electron chi connectivity index (χ1n) is 6.92. The molecule has 20 heavy (non-hydrogen) atoms. The zero-order valence-corrected chi connectivity index (χ0v) is 11.5. The second-order valence-electron chi connectivity index (χ2n) is 5.21. The van der Waals surface area contributed by atoms with Crippen LogP contribution in [-0.2, 0) is 0 Å². The summed E-state index contributed by atoms with van der Waals surface area (Å²) in [6.07, 6.45) is 3.14. The van der Waals surface area contributed by atoms with E-state index in [0.29, 0.717) is 13.0 Å². The van der Waals surface area contributed by atoms with Crippen LogP contribution in [0.1, 0.15) is 41.6 Å². The van der Waals surface area contributed by atoms with Crippen molar-refractivity contribution in [1.29, 1.82) is 0 Å². The predicted molar refractivity (Wildman–Crippen MR) is 71.5 cm³/mol. The number of benzene rings is 1. The van der Waals surface area contributed by atoms with Crippen molar-refractivity contribution in [2.24, 2.45) is 0 Å². The number of hydrogen-bond acceptors (Lipinski definition) is 2. The molecule has 1 aromatic carbocycles. The number of aliphatic hydroxyl groups is 1. The van der Waals surface area contributed by atoms with E-state index in [4.69, 9.17) is 5.11 Å². The number of halogens is 2. The van der Waals surface area contributed by atoms with Crippen molar-refractivity contribution in [1.82, 2.24) is 4.90 Å². The Morgan fingerprint density at radius 2 is 2.10 bits per heavy atom. The van der Waals surface area contributed by atoms with Gasteiger partial charge >= 0.3 is 0 Å². The Labute approximate surface area is 117 Å². The number of hydrogen-bond donors (Lipinski definition) is 1. The molecule has 1 aromatic rings. The summed E-state index contributed by atoms with van der Waals surface area (Å²) in [7, 11) is 0. The molecule has 1 amide bonds. The second-order valence-corrected chi connectivity index (χ2v) is 5.21. The van der Waals surface area contributed by atoms with Crippen LogP contribution in [0.15, 0.2) is 12.1 Å². The van der Waals surface area contributed by atoms with Crippen LogP contribution in [0.2, 0.25) is 0 Å². The minimum absolute atomic E-state index is 0.0355. The fourth-order valence-electron chi connectivity index (χ4n) is 2.39. The molecule has 3 nitrogen and oxygen atoms in total. The zero-order valence-electron chi connectivity index (χ0n) is 11.5. The van der Waals surface area contributed by atoms with Gasteiger partial charge in [0.05, 0.1) is 0 Å². The first-order valence-corrected chi connectivity index (χ1v) is 6.92. The van der Waals surface area contributed by atoms with Gasteiger partial charge in [0.15, 0.2) is 0 Å². The number of carbonyl (C=O) groups is 1. The van der Waals surface area contributed by atoms with Crippen LogP contribution in [0, 0.1) is 18.6 Å². The lowest BCUT2D eigenvalue weighted by atomic mass is 9.90. The smallest absolute Gasteiger partial charge is 0.260 e. The third-order valence-electron chi connectivity index (χ3n) is 3.83. The molecule has 0 radical (unpaired) electrons. The van der Waals surface area contributed by atoms with E-state index in [2.05, 4.69) is 0 Å². The summed E-state index contributed by atoms with van der Waals surface area (Å²) in [6, 6.07) is 2.48. The molecule has 0 bridgehead atoms. The first-order chi connectivity index (χ1) is 9.56. The van der Waals surface area contributed by atoms with Crippen molar-refractivity contribution < 1.29 is 18.7 Å². The average molecular weight is 283 g/mol. The fraction of sp³-hybridized carbons (Fsp3) is 0.533. The number of carbonyl (C=O) groups excluding carboxylic acids is 1. The van der Waals surface area contributed by atoms with E-state index in [1.165, 1.54) is 17.9 Å². The second kappa shape index (κ2) is 6.31. The van der Waals surface area contributed by atoms with Crippen molar-refractivity contribution in [3.05, 3.63) is 34.9 Å². The van der Waals surface area contributed by atoms with E-state index >= 15 is 0 Å². The Kier molecular flexibility index (Phi) is 4.70. The summed E-state index contributed by atoms with van der Waals surface area (Å²) in [5.41, 5.74) is -0.222. The van der Waals surface area contributed by atoms with Crippen molar-refractivity contribution in [2.75, 3.05) is 13.2 Å². The van der Waals surface area contributed by atoms with Crippen LogP contribution in [0.4, 0.5) is 8.78 Å². The van der Waals surface area contributed by atoms with Crippen LogP contribution in [0.3, 0.4) is 0 Å². The van der Waals surface area contributed by atoms with Crippen LogP contribution in [0.5, 0.6) is 0 Å². The van der Waals surface area contributed by atoms with E-state index in [0.717, 1.165) is 25.3 Å². The SMILES string of the molecule is Cc1ccc(F)c(C(=O)N(CCCO)C2CCC2)c1F. The molecule has 0 unspecified atom stereocenters. The minimum atomic E-state index is -0.827. The van der Waals surface area contributed by atoms with Gasteiger partial charge in [0.25, 0.3) is 5.91 Å². The topological polar surface area (TPSA) is 40.5 Å². The van der Waals surface area contributed by atoms with Crippen LogP contribution in [0.25, 0.3) is 0 Å². The van der Waals surface area contributed by atoms with Gasteiger partial charge in [-0.15, -0.1) is 0 Å². The molecule has 0 atom stereocenters. The molecular formula is C15H19F2NO2. The Hall–Kier alpha value is -1.49. The number of nitrogens with zero attached hydrogens (tertiary/aromatic N) is 1. The molecule has 0 heterocycles. The Bertz CT molecular complexity index is 501. The lowest BCUT2D eigenvalue weighted by molar-refractivity contribution is 0.0552. The van der Waals surface area contributed by atoms with Crippen LogP contribution < -0.4 is 0 Å². The highest BCUT2D eigenvalue weighted by Gasteiger charge is 2.32. The Balaban J connectivity index is 2.29. The van der Waals surface area contributed by atoms with Gasteiger partial charge in [-0.2, -0.15) is 0 Å². The van der Waals surface area contributed by atoms with Crippen LogP contribution in [-0.4, -0.2) is 35.1 Å². The third kappa shape index (κ3) is 2.82. The van der Waals surface area contributed by atoms with Crippen molar-refractivity contribution >= 4 is 5.91 Å². The normalized spacial score (nSPS) is 15.0. The van der Waals surface area contributed by atoms with E-state index in [-0.39, 0.29) is 18.2 Å². The van der Waals surface area contributed by atoms with E-state index in [9.17, 15) is 13.6 Å². The highest BCUT2D eigenvalue weighted by atomic mass is 19.1. The monoisotopic (exact) mass is 283 g/mol. The average Bonchev–Trinajstić information content (AvgIpc) is 2.36. The summed E-state index contributed by atoms with van der Waals surface area (Å²) in [4.78, 5) is 13.9. The molecule has 0 spiro atoms. The Morgan fingerprint density at radius 1 is 1.40 bits per heavy atom. The summed E-state index contributed by atoms with van der Waals surface area (Å²) in [5, 5.41) is 8.91. The standard InChI is InChI=1S/C15H19F2NO2/c1-10-6-7-12(16)13(14(10)17)15(20)18(8-3-9-19)11-4-2-5-11/h6-7,11,19H,2-5,8-9H2,1H3. The highest BCUT2D eigenvalue weighted by molar-refractivity contribution is 5.95. The molecule has 1 aliphatic rings. The molecule has 110 valence electrons. The van der Waals surface area contributed by atoms with E-state index in [1.54, 1.807) is 0 Å². The first kappa shape index (κ1) is 14.9. The largest absolute Gasteiger partial charge is 0.396 e. The number of aryl methyl sites for hydroxylation is 1. The quantitative estimate of drug-likeness (QED) is 0.902. The molecule has 1 aliphatic carbocycles. The van der Waals surface area contributed by atoms with Crippen molar-refractivity contribution in [2.45, 2.75) is 38.6 Å². The number of amides is 1. The fourth-order valence-corrected chi connectivity index (χ4v) is 2.39. The molecular weight excluding hydrogens is 264 g/mol. The summed E-state index contributed by atoms with van der Waals surface area (Å²) in [5.74, 6) is -2.23. The molecule has 0 saturated heterocycles. The molecule has 1 saturated carbocycles. The third-order valence-corrected chi connectivity index (χ3v) is 3.83. The van der Waals surface area contributed by atoms with E-state index in [1.807, 2.05) is 0 Å². The zero-order chi connectivity index (χ0) is 14.7. The van der Waals surface area contributed by atoms with Gasteiger partial charge in [-0.25, -0.2) is 8.78 Å². The predicted octanol–water partition coefficient (Wildman–Crippen LogP) is 2.65. The summed E-state index contributed by atoms with van der Waals surface area (Å²) < 4.78 is 27.9. The lowest BCUT2D eigenvalue weighted by Gasteiger charge is -2.37. The van der Waals surface area contributed by atoms with Gasteiger partial charge in [0.2, 0.25) is 0 Å². The molecule has 0 aliphatic heterocycles. The molecule has 1 N–H and O–H groups in total. The van der Waals surface area contributed by atoms with Crippen molar-refractivity contribution in [3.8, 4) is 0 Å². The highest BCUT2D eigenvalue weighted by Crippen LogP contribution is 2.28. The molecule has 0 aromatic heterocycles. The van der Waals surface area contributed by atoms with Gasteiger partial charge in [-0.05, 0) is 44.2 Å². The summed E-state index contributed by atoms with van der Waals surface area (Å²) in [6.45, 7) is 1.79.